The maximum absolute atomic E-state index is 10.8. The lowest BCUT2D eigenvalue weighted by Gasteiger charge is -2.06. The average molecular weight is 264 g/mol. The highest BCUT2D eigenvalue weighted by Crippen LogP contribution is 2.11. The molecule has 0 atom stereocenters. The molecule has 0 fully saturated rings. The molecule has 0 spiro atoms. The van der Waals surface area contributed by atoms with E-state index in [9.17, 15) is 4.79 Å². The van der Waals surface area contributed by atoms with Crippen LogP contribution in [0.1, 0.15) is 18.4 Å². The first-order chi connectivity index (χ1) is 9.26. The average Bonchev–Trinajstić information content (AvgIpc) is 2.46. The standard InChI is InChI=1S/C15H20O4/c1-3-15(16)19-11-5-4-10-18-12-13-6-8-14(17-2)9-7-13/h3,6-9H,1,4-5,10-12H2,2H3. The molecule has 0 aliphatic heterocycles. The van der Waals surface area contributed by atoms with Crippen molar-refractivity contribution in [3.05, 3.63) is 42.5 Å². The van der Waals surface area contributed by atoms with Crippen LogP contribution in [0.2, 0.25) is 0 Å². The van der Waals surface area contributed by atoms with Crippen molar-refractivity contribution in [2.45, 2.75) is 19.4 Å². The minimum Gasteiger partial charge on any atom is -0.497 e. The first kappa shape index (κ1) is 15.2. The minimum atomic E-state index is -0.376. The van der Waals surface area contributed by atoms with Gasteiger partial charge in [0.05, 0.1) is 20.3 Å². The maximum Gasteiger partial charge on any atom is 0.330 e. The van der Waals surface area contributed by atoms with E-state index in [4.69, 9.17) is 14.2 Å². The lowest BCUT2D eigenvalue weighted by Crippen LogP contribution is -2.03. The number of carbonyl (C=O) groups is 1. The normalized spacial score (nSPS) is 9.95. The molecule has 0 bridgehead atoms. The van der Waals surface area contributed by atoms with Crippen LogP contribution in [-0.4, -0.2) is 26.3 Å². The van der Waals surface area contributed by atoms with Gasteiger partial charge in [-0.3, -0.25) is 0 Å². The number of rotatable bonds is 9. The Morgan fingerprint density at radius 1 is 1.21 bits per heavy atom. The zero-order valence-corrected chi connectivity index (χ0v) is 11.3. The second-order valence-electron chi connectivity index (χ2n) is 3.98. The van der Waals surface area contributed by atoms with E-state index in [-0.39, 0.29) is 5.97 Å². The molecule has 19 heavy (non-hydrogen) atoms. The first-order valence-corrected chi connectivity index (χ1v) is 6.26. The van der Waals surface area contributed by atoms with Crippen molar-refractivity contribution in [2.75, 3.05) is 20.3 Å². The van der Waals surface area contributed by atoms with E-state index < -0.39 is 0 Å². The van der Waals surface area contributed by atoms with E-state index in [0.717, 1.165) is 24.2 Å². The van der Waals surface area contributed by atoms with Gasteiger partial charge in [-0.2, -0.15) is 0 Å². The summed E-state index contributed by atoms with van der Waals surface area (Å²) in [5, 5.41) is 0. The van der Waals surface area contributed by atoms with E-state index in [0.29, 0.717) is 19.8 Å². The van der Waals surface area contributed by atoms with Gasteiger partial charge >= 0.3 is 5.97 Å². The van der Waals surface area contributed by atoms with Gasteiger partial charge in [-0.15, -0.1) is 0 Å². The van der Waals surface area contributed by atoms with Gasteiger partial charge in [-0.25, -0.2) is 4.79 Å². The van der Waals surface area contributed by atoms with Gasteiger partial charge in [0.15, 0.2) is 0 Å². The highest BCUT2D eigenvalue weighted by Gasteiger charge is 1.97. The van der Waals surface area contributed by atoms with Crippen LogP contribution in [0, 0.1) is 0 Å². The third-order valence-electron chi connectivity index (χ3n) is 2.52. The summed E-state index contributed by atoms with van der Waals surface area (Å²) >= 11 is 0. The molecule has 1 aromatic rings. The molecule has 1 rings (SSSR count). The largest absolute Gasteiger partial charge is 0.497 e. The summed E-state index contributed by atoms with van der Waals surface area (Å²) in [5.74, 6) is 0.465. The highest BCUT2D eigenvalue weighted by molar-refractivity contribution is 5.81. The summed E-state index contributed by atoms with van der Waals surface area (Å²) < 4.78 is 15.5. The molecule has 104 valence electrons. The molecular formula is C15H20O4. The fourth-order valence-corrected chi connectivity index (χ4v) is 1.45. The monoisotopic (exact) mass is 264 g/mol. The summed E-state index contributed by atoms with van der Waals surface area (Å²) in [7, 11) is 1.64. The molecule has 0 saturated heterocycles. The van der Waals surface area contributed by atoms with Gasteiger partial charge in [0, 0.05) is 12.7 Å². The fourth-order valence-electron chi connectivity index (χ4n) is 1.45. The molecule has 0 saturated carbocycles. The first-order valence-electron chi connectivity index (χ1n) is 6.26. The highest BCUT2D eigenvalue weighted by atomic mass is 16.5. The van der Waals surface area contributed by atoms with Crippen LogP contribution in [0.5, 0.6) is 5.75 Å². The Labute approximate surface area is 114 Å². The second-order valence-corrected chi connectivity index (χ2v) is 3.98. The molecule has 0 aromatic heterocycles. The van der Waals surface area contributed by atoms with Gasteiger partial charge in [0.2, 0.25) is 0 Å². The van der Waals surface area contributed by atoms with Crippen molar-refractivity contribution in [2.24, 2.45) is 0 Å². The predicted molar refractivity (Wildman–Crippen MR) is 73.0 cm³/mol. The smallest absolute Gasteiger partial charge is 0.330 e. The number of carbonyl (C=O) groups excluding carboxylic acids is 1. The minimum absolute atomic E-state index is 0.376. The summed E-state index contributed by atoms with van der Waals surface area (Å²) in [6.45, 7) is 4.97. The van der Waals surface area contributed by atoms with Crippen molar-refractivity contribution in [3.8, 4) is 5.75 Å². The number of methoxy groups -OCH3 is 1. The van der Waals surface area contributed by atoms with Crippen molar-refractivity contribution >= 4 is 5.97 Å². The molecule has 4 nitrogen and oxygen atoms in total. The van der Waals surface area contributed by atoms with Gasteiger partial charge in [-0.05, 0) is 30.5 Å². The van der Waals surface area contributed by atoms with E-state index in [2.05, 4.69) is 6.58 Å². The third kappa shape index (κ3) is 6.62. The van der Waals surface area contributed by atoms with E-state index in [1.165, 1.54) is 6.08 Å². The summed E-state index contributed by atoms with van der Waals surface area (Å²) in [6, 6.07) is 7.77. The Kier molecular flexibility index (Phi) is 7.35. The van der Waals surface area contributed by atoms with Gasteiger partial charge in [-0.1, -0.05) is 18.7 Å². The molecule has 0 N–H and O–H groups in total. The lowest BCUT2D eigenvalue weighted by molar-refractivity contribution is -0.137. The zero-order chi connectivity index (χ0) is 13.9. The van der Waals surface area contributed by atoms with Crippen molar-refractivity contribution < 1.29 is 19.0 Å². The second kappa shape index (κ2) is 9.16. The maximum atomic E-state index is 10.8. The van der Waals surface area contributed by atoms with Crippen LogP contribution in [0.15, 0.2) is 36.9 Å². The zero-order valence-electron chi connectivity index (χ0n) is 11.3. The van der Waals surface area contributed by atoms with Crippen LogP contribution in [0.4, 0.5) is 0 Å². The Bertz CT molecular complexity index is 384. The SMILES string of the molecule is C=CC(=O)OCCCCOCc1ccc(OC)cc1. The van der Waals surface area contributed by atoms with Gasteiger partial charge in [0.25, 0.3) is 0 Å². The number of ether oxygens (including phenoxy) is 3. The van der Waals surface area contributed by atoms with E-state index in [1.54, 1.807) is 7.11 Å². The van der Waals surface area contributed by atoms with E-state index in [1.807, 2.05) is 24.3 Å². The molecule has 0 amide bonds. The third-order valence-corrected chi connectivity index (χ3v) is 2.52. The Morgan fingerprint density at radius 3 is 2.53 bits per heavy atom. The van der Waals surface area contributed by atoms with Crippen molar-refractivity contribution in [1.29, 1.82) is 0 Å². The number of hydrogen-bond acceptors (Lipinski definition) is 4. The number of benzene rings is 1. The lowest BCUT2D eigenvalue weighted by atomic mass is 10.2. The molecule has 0 aliphatic carbocycles. The Morgan fingerprint density at radius 2 is 1.89 bits per heavy atom. The number of esters is 1. The summed E-state index contributed by atoms with van der Waals surface area (Å²) in [6.07, 6.45) is 2.82. The quantitative estimate of drug-likeness (QED) is 0.391. The number of hydrogen-bond donors (Lipinski definition) is 0. The van der Waals surface area contributed by atoms with Crippen LogP contribution >= 0.6 is 0 Å². The molecular weight excluding hydrogens is 244 g/mol. The molecule has 4 heteroatoms. The molecule has 0 aliphatic rings. The summed E-state index contributed by atoms with van der Waals surface area (Å²) in [4.78, 5) is 10.8. The van der Waals surface area contributed by atoms with Gasteiger partial charge in [0.1, 0.15) is 5.75 Å². The van der Waals surface area contributed by atoms with Crippen molar-refractivity contribution in [3.63, 3.8) is 0 Å². The fraction of sp³-hybridized carbons (Fsp3) is 0.400. The Hall–Kier alpha value is -1.81. The molecule has 0 unspecified atom stereocenters. The van der Waals surface area contributed by atoms with Crippen molar-refractivity contribution in [1.82, 2.24) is 0 Å². The van der Waals surface area contributed by atoms with Crippen LogP contribution in [0.25, 0.3) is 0 Å². The number of unbranched alkanes of at least 4 members (excludes halogenated alkanes) is 1. The summed E-state index contributed by atoms with van der Waals surface area (Å²) in [5.41, 5.74) is 1.11. The Balaban J connectivity index is 2.04. The molecule has 1 aromatic carbocycles. The molecule has 0 heterocycles. The van der Waals surface area contributed by atoms with Crippen LogP contribution in [-0.2, 0) is 20.9 Å². The topological polar surface area (TPSA) is 44.8 Å². The predicted octanol–water partition coefficient (Wildman–Crippen LogP) is 2.72. The van der Waals surface area contributed by atoms with Crippen LogP contribution < -0.4 is 4.74 Å². The molecule has 0 radical (unpaired) electrons. The van der Waals surface area contributed by atoms with E-state index >= 15 is 0 Å². The van der Waals surface area contributed by atoms with Gasteiger partial charge < -0.3 is 14.2 Å². The van der Waals surface area contributed by atoms with Crippen LogP contribution in [0.3, 0.4) is 0 Å².